The number of nitrogens with zero attached hydrogens (tertiary/aromatic N) is 2. The first kappa shape index (κ1) is 14.7. The Balaban J connectivity index is 2.04. The zero-order valence-corrected chi connectivity index (χ0v) is 12.9. The van der Waals surface area contributed by atoms with Crippen molar-refractivity contribution >= 4 is 17.6 Å². The molecule has 0 saturated carbocycles. The van der Waals surface area contributed by atoms with Crippen LogP contribution in [0.25, 0.3) is 0 Å². The van der Waals surface area contributed by atoms with E-state index in [2.05, 4.69) is 52.9 Å². The lowest BCUT2D eigenvalue weighted by Gasteiger charge is -2.22. The molecule has 1 atom stereocenters. The Labute approximate surface area is 121 Å². The van der Waals surface area contributed by atoms with Gasteiger partial charge >= 0.3 is 0 Å². The molecule has 0 aromatic carbocycles. The lowest BCUT2D eigenvalue weighted by molar-refractivity contribution is 0.570. The van der Waals surface area contributed by atoms with Gasteiger partial charge in [-0.2, -0.15) is 11.8 Å². The standard InChI is InChI=1S/C15H25N3S/c1-3-6-16-13(2)14-5-7-17-15(12-14)18-8-4-10-19-11-9-18/h5,7,12-13,16H,3-4,6,8-11H2,1-2H3. The van der Waals surface area contributed by atoms with E-state index >= 15 is 0 Å². The van der Waals surface area contributed by atoms with E-state index in [4.69, 9.17) is 0 Å². The molecule has 1 aromatic heterocycles. The number of nitrogens with one attached hydrogen (secondary N) is 1. The van der Waals surface area contributed by atoms with Crippen molar-refractivity contribution in [2.24, 2.45) is 0 Å². The Kier molecular flexibility index (Phi) is 5.98. The Morgan fingerprint density at radius 3 is 3.16 bits per heavy atom. The monoisotopic (exact) mass is 279 g/mol. The Hall–Kier alpha value is -0.740. The molecule has 106 valence electrons. The zero-order chi connectivity index (χ0) is 13.5. The smallest absolute Gasteiger partial charge is 0.128 e. The number of thioether (sulfide) groups is 1. The van der Waals surface area contributed by atoms with Crippen LogP contribution in [0, 0.1) is 0 Å². The summed E-state index contributed by atoms with van der Waals surface area (Å²) in [6.07, 6.45) is 4.39. The molecule has 1 saturated heterocycles. The highest BCUT2D eigenvalue weighted by Gasteiger charge is 2.13. The number of pyridine rings is 1. The molecule has 1 aliphatic heterocycles. The van der Waals surface area contributed by atoms with E-state index in [1.807, 2.05) is 6.20 Å². The van der Waals surface area contributed by atoms with E-state index in [0.29, 0.717) is 6.04 Å². The molecule has 2 rings (SSSR count). The average molecular weight is 279 g/mol. The molecule has 0 aliphatic carbocycles. The highest BCUT2D eigenvalue weighted by molar-refractivity contribution is 7.99. The van der Waals surface area contributed by atoms with Gasteiger partial charge in [0.1, 0.15) is 5.82 Å². The lowest BCUT2D eigenvalue weighted by Crippen LogP contribution is -2.27. The van der Waals surface area contributed by atoms with Crippen LogP contribution < -0.4 is 10.2 Å². The van der Waals surface area contributed by atoms with E-state index < -0.39 is 0 Å². The van der Waals surface area contributed by atoms with Crippen molar-refractivity contribution in [1.29, 1.82) is 0 Å². The largest absolute Gasteiger partial charge is 0.356 e. The van der Waals surface area contributed by atoms with Crippen LogP contribution in [0.15, 0.2) is 18.3 Å². The number of rotatable bonds is 5. The van der Waals surface area contributed by atoms with Crippen LogP contribution in [0.2, 0.25) is 0 Å². The molecule has 0 amide bonds. The Morgan fingerprint density at radius 1 is 1.42 bits per heavy atom. The summed E-state index contributed by atoms with van der Waals surface area (Å²) in [5, 5.41) is 3.54. The van der Waals surface area contributed by atoms with E-state index in [9.17, 15) is 0 Å². The quantitative estimate of drug-likeness (QED) is 0.896. The van der Waals surface area contributed by atoms with Gasteiger partial charge in [0.2, 0.25) is 0 Å². The van der Waals surface area contributed by atoms with Gasteiger partial charge in [0, 0.05) is 31.1 Å². The average Bonchev–Trinajstić information content (AvgIpc) is 2.74. The second-order valence-electron chi connectivity index (χ2n) is 5.08. The van der Waals surface area contributed by atoms with Crippen LogP contribution in [0.1, 0.15) is 38.3 Å². The van der Waals surface area contributed by atoms with Gasteiger partial charge in [0.15, 0.2) is 0 Å². The summed E-state index contributed by atoms with van der Waals surface area (Å²) in [6, 6.07) is 4.79. The topological polar surface area (TPSA) is 28.2 Å². The van der Waals surface area contributed by atoms with Crippen molar-refractivity contribution in [3.8, 4) is 0 Å². The second kappa shape index (κ2) is 7.75. The fourth-order valence-electron chi connectivity index (χ4n) is 2.33. The van der Waals surface area contributed by atoms with Gasteiger partial charge in [-0.15, -0.1) is 0 Å². The van der Waals surface area contributed by atoms with Crippen molar-refractivity contribution in [2.75, 3.05) is 36.0 Å². The maximum atomic E-state index is 4.56. The fourth-order valence-corrected chi connectivity index (χ4v) is 3.22. The molecular formula is C15H25N3S. The van der Waals surface area contributed by atoms with Gasteiger partial charge in [-0.25, -0.2) is 4.98 Å². The van der Waals surface area contributed by atoms with Crippen LogP contribution in [0.5, 0.6) is 0 Å². The minimum absolute atomic E-state index is 0.406. The molecule has 2 heterocycles. The number of hydrogen-bond donors (Lipinski definition) is 1. The minimum Gasteiger partial charge on any atom is -0.356 e. The molecule has 0 bridgehead atoms. The summed E-state index contributed by atoms with van der Waals surface area (Å²) in [5.41, 5.74) is 1.34. The van der Waals surface area contributed by atoms with Gasteiger partial charge < -0.3 is 10.2 Å². The predicted molar refractivity (Wildman–Crippen MR) is 85.1 cm³/mol. The summed E-state index contributed by atoms with van der Waals surface area (Å²) >= 11 is 2.05. The van der Waals surface area contributed by atoms with Gasteiger partial charge in [-0.1, -0.05) is 6.92 Å². The molecule has 1 unspecified atom stereocenters. The van der Waals surface area contributed by atoms with E-state index in [0.717, 1.165) is 25.5 Å². The van der Waals surface area contributed by atoms with E-state index in [1.54, 1.807) is 0 Å². The van der Waals surface area contributed by atoms with Crippen molar-refractivity contribution in [2.45, 2.75) is 32.7 Å². The summed E-state index contributed by atoms with van der Waals surface area (Å²) < 4.78 is 0. The van der Waals surface area contributed by atoms with Crippen LogP contribution in [-0.2, 0) is 0 Å². The third kappa shape index (κ3) is 4.39. The summed E-state index contributed by atoms with van der Waals surface area (Å²) in [7, 11) is 0. The van der Waals surface area contributed by atoms with E-state index in [1.165, 1.54) is 29.9 Å². The fraction of sp³-hybridized carbons (Fsp3) is 0.667. The molecule has 1 aliphatic rings. The molecule has 4 heteroatoms. The van der Waals surface area contributed by atoms with Gasteiger partial charge in [0.05, 0.1) is 0 Å². The maximum Gasteiger partial charge on any atom is 0.128 e. The van der Waals surface area contributed by atoms with Gasteiger partial charge in [-0.3, -0.25) is 0 Å². The number of aromatic nitrogens is 1. The van der Waals surface area contributed by atoms with Crippen LogP contribution in [0.3, 0.4) is 0 Å². The van der Waals surface area contributed by atoms with Gasteiger partial charge in [-0.05, 0) is 49.8 Å². The van der Waals surface area contributed by atoms with Crippen LogP contribution in [-0.4, -0.2) is 36.1 Å². The molecule has 0 spiro atoms. The molecule has 0 radical (unpaired) electrons. The predicted octanol–water partition coefficient (Wildman–Crippen LogP) is 3.09. The highest BCUT2D eigenvalue weighted by atomic mass is 32.2. The zero-order valence-electron chi connectivity index (χ0n) is 12.1. The molecule has 3 nitrogen and oxygen atoms in total. The van der Waals surface area contributed by atoms with Crippen molar-refractivity contribution in [3.05, 3.63) is 23.9 Å². The van der Waals surface area contributed by atoms with Gasteiger partial charge in [0.25, 0.3) is 0 Å². The Morgan fingerprint density at radius 2 is 2.32 bits per heavy atom. The molecular weight excluding hydrogens is 254 g/mol. The first-order chi connectivity index (χ1) is 9.31. The molecule has 1 aromatic rings. The highest BCUT2D eigenvalue weighted by Crippen LogP contribution is 2.20. The van der Waals surface area contributed by atoms with Crippen LogP contribution in [0.4, 0.5) is 5.82 Å². The van der Waals surface area contributed by atoms with E-state index in [-0.39, 0.29) is 0 Å². The molecule has 1 fully saturated rings. The third-order valence-corrected chi connectivity index (χ3v) is 4.56. The normalized spacial score (nSPS) is 18.1. The minimum atomic E-state index is 0.406. The molecule has 1 N–H and O–H groups in total. The third-order valence-electron chi connectivity index (χ3n) is 3.52. The SMILES string of the molecule is CCCNC(C)c1ccnc(N2CCCSCC2)c1. The summed E-state index contributed by atoms with van der Waals surface area (Å²) in [6.45, 7) is 7.76. The summed E-state index contributed by atoms with van der Waals surface area (Å²) in [4.78, 5) is 6.98. The number of hydrogen-bond acceptors (Lipinski definition) is 4. The van der Waals surface area contributed by atoms with Crippen molar-refractivity contribution in [1.82, 2.24) is 10.3 Å². The van der Waals surface area contributed by atoms with Crippen molar-refractivity contribution < 1.29 is 0 Å². The number of anilines is 1. The van der Waals surface area contributed by atoms with Crippen molar-refractivity contribution in [3.63, 3.8) is 0 Å². The second-order valence-corrected chi connectivity index (χ2v) is 6.30. The molecule has 19 heavy (non-hydrogen) atoms. The lowest BCUT2D eigenvalue weighted by atomic mass is 10.1. The Bertz CT molecular complexity index is 375. The van der Waals surface area contributed by atoms with Crippen LogP contribution >= 0.6 is 11.8 Å². The first-order valence-corrected chi connectivity index (χ1v) is 8.48. The maximum absolute atomic E-state index is 4.56. The summed E-state index contributed by atoms with van der Waals surface area (Å²) in [5.74, 6) is 3.64. The first-order valence-electron chi connectivity index (χ1n) is 7.33.